The molecule has 0 saturated carbocycles. The predicted octanol–water partition coefficient (Wildman–Crippen LogP) is -2.91. The zero-order chi connectivity index (χ0) is 102. The Bertz CT molecular complexity index is 3940. The number of aliphatic carboxylic acids is 2. The molecule has 0 radical (unpaired) electrons. The van der Waals surface area contributed by atoms with E-state index in [-0.39, 0.29) is 103 Å². The molecule has 1 aromatic carbocycles. The highest BCUT2D eigenvalue weighted by atomic mass is 16.4. The van der Waals surface area contributed by atoms with E-state index < -0.39 is 246 Å². The third-order valence-electron chi connectivity index (χ3n) is 24.1. The molecule has 1 aliphatic heterocycles. The van der Waals surface area contributed by atoms with Gasteiger partial charge in [0.25, 0.3) is 0 Å². The standard InChI is InChI=1S/C91H162N24O20/c1-14-53(8)71(111-76(120)59(96)34-20-25-43-92)85(129)106-64(41-42-68(117)118)81(125)112-73(55(10)16-3)87(131)109-69(51(4)5)84(128)105-63(39-30-48-100-91(97)98)79(123)103-62(37-24-29-47-99-13)80(124)107-65(38-23-28-46-95)89(133)115-49-31-40-67(115)83(127)113-72(54(9)15-2)86(130)108-66(50-58-32-18-17-19-33-58)82(126)104-61(36-22-27-45-94)78(122)102-60(35-21-26-44-93)77(121)101-56(11)75(119)114-74(57(12)116)88(132)110-70(52(6)7)90(134)135/h17-19,32-33,51-57,59-67,69-74,99,116H,14-16,20-31,34-50,92-96H2,1-13H3,(H,101,121)(H,102,122)(H,103,123)(H,104,126)(H,105,128)(H,106,129)(H,107,124)(H,108,130)(H,109,131)(H,110,132)(H,111,120)(H,112,125)(H,113,127)(H,114,119)(H,117,118)(H,134,135)(H4,97,98,100)/t53-,54-,55-,56-,57+,59-,60-,61-,62-,63-,64-,65-,66-,67-,69-,70-,71-,72-,73-,74-/m0/s1. The maximum absolute atomic E-state index is 15.3. The third-order valence-corrected chi connectivity index (χ3v) is 24.1. The van der Waals surface area contributed by atoms with Crippen molar-refractivity contribution >= 4 is 107 Å². The Hall–Kier alpha value is -10.8. The highest BCUT2D eigenvalue weighted by Crippen LogP contribution is 2.24. The number of unbranched alkanes of at least 4 members (excludes halogenated alkanes) is 5. The molecule has 0 unspecified atom stereocenters. The van der Waals surface area contributed by atoms with Gasteiger partial charge in [0.2, 0.25) is 88.6 Å². The lowest BCUT2D eigenvalue weighted by atomic mass is 9.95. The van der Waals surface area contributed by atoms with Crippen molar-refractivity contribution in [2.45, 2.75) is 346 Å². The first-order chi connectivity index (χ1) is 63.9. The first kappa shape index (κ1) is 120. The monoisotopic (exact) mass is 1910 g/mol. The van der Waals surface area contributed by atoms with Crippen molar-refractivity contribution in [3.63, 3.8) is 0 Å². The number of rotatable bonds is 69. The van der Waals surface area contributed by atoms with E-state index in [9.17, 15) is 72.9 Å². The molecule has 135 heavy (non-hydrogen) atoms. The van der Waals surface area contributed by atoms with E-state index in [0.717, 1.165) is 0 Å². The summed E-state index contributed by atoms with van der Waals surface area (Å²) in [6.07, 6.45) is 3.00. The molecule has 1 aliphatic rings. The van der Waals surface area contributed by atoms with Crippen LogP contribution in [0, 0.1) is 29.6 Å². The highest BCUT2D eigenvalue weighted by Gasteiger charge is 2.44. The van der Waals surface area contributed by atoms with Crippen molar-refractivity contribution in [3.05, 3.63) is 35.9 Å². The summed E-state index contributed by atoms with van der Waals surface area (Å²) in [7, 11) is 1.73. The fourth-order valence-corrected chi connectivity index (χ4v) is 15.0. The number of nitrogens with two attached hydrogens (primary N) is 7. The second kappa shape index (κ2) is 65.0. The molecule has 0 aliphatic carbocycles. The van der Waals surface area contributed by atoms with E-state index >= 15 is 24.0 Å². The molecule has 2 rings (SSSR count). The van der Waals surface area contributed by atoms with Gasteiger partial charge in [-0.2, -0.15) is 0 Å². The number of aliphatic imine (C=N–C) groups is 1. The molecule has 20 atom stereocenters. The largest absolute Gasteiger partial charge is 0.481 e. The Morgan fingerprint density at radius 3 is 1.21 bits per heavy atom. The quantitative estimate of drug-likeness (QED) is 0.0177. The first-order valence-corrected chi connectivity index (χ1v) is 47.9. The van der Waals surface area contributed by atoms with Gasteiger partial charge in [0, 0.05) is 25.9 Å². The van der Waals surface area contributed by atoms with Gasteiger partial charge in [-0.05, 0) is 211 Å². The molecule has 0 bridgehead atoms. The first-order valence-electron chi connectivity index (χ1n) is 47.9. The minimum Gasteiger partial charge on any atom is -0.481 e. The molecule has 1 heterocycles. The van der Waals surface area contributed by atoms with Gasteiger partial charge in [0.1, 0.15) is 90.6 Å². The van der Waals surface area contributed by atoms with Crippen LogP contribution >= 0.6 is 0 Å². The van der Waals surface area contributed by atoms with E-state index in [2.05, 4.69) is 84.7 Å². The van der Waals surface area contributed by atoms with Crippen LogP contribution in [-0.4, -0.2) is 282 Å². The number of carboxylic acids is 2. The Labute approximate surface area is 794 Å². The number of nitrogens with zero attached hydrogens (tertiary/aromatic N) is 2. The van der Waals surface area contributed by atoms with Crippen LogP contribution < -0.4 is 120 Å². The smallest absolute Gasteiger partial charge is 0.326 e. The minimum absolute atomic E-state index is 0.000794. The van der Waals surface area contributed by atoms with Crippen LogP contribution in [0.2, 0.25) is 0 Å². The number of aliphatic hydroxyl groups is 1. The average Bonchev–Trinajstić information content (AvgIpc) is 1.65. The van der Waals surface area contributed by atoms with Crippen LogP contribution in [0.3, 0.4) is 0 Å². The number of carbonyl (C=O) groups excluding carboxylic acids is 15. The summed E-state index contributed by atoms with van der Waals surface area (Å²) in [6, 6.07) is -13.3. The number of carboxylic acid groups (broad SMARTS) is 2. The van der Waals surface area contributed by atoms with Gasteiger partial charge in [0.15, 0.2) is 5.96 Å². The minimum atomic E-state index is -1.65. The number of amides is 15. The number of nitrogens with one attached hydrogen (secondary N) is 15. The van der Waals surface area contributed by atoms with Crippen molar-refractivity contribution in [3.8, 4) is 0 Å². The van der Waals surface area contributed by atoms with Gasteiger partial charge in [0.05, 0.1) is 12.1 Å². The summed E-state index contributed by atoms with van der Waals surface area (Å²) >= 11 is 0. The summed E-state index contributed by atoms with van der Waals surface area (Å²) in [5, 5.41) is 70.6. The topological polar surface area (TPSA) is 729 Å². The van der Waals surface area contributed by atoms with Gasteiger partial charge in [-0.3, -0.25) is 81.7 Å². The number of guanidine groups is 1. The molecule has 1 aromatic rings. The Balaban J connectivity index is 2.64. The van der Waals surface area contributed by atoms with Crippen molar-refractivity contribution in [1.29, 1.82) is 0 Å². The normalized spacial score (nSPS) is 16.7. The van der Waals surface area contributed by atoms with E-state index in [4.69, 9.17) is 40.1 Å². The predicted molar refractivity (Wildman–Crippen MR) is 509 cm³/mol. The fraction of sp³-hybridized carbons (Fsp3) is 0.736. The average molecular weight is 1910 g/mol. The summed E-state index contributed by atoms with van der Waals surface area (Å²) in [5.41, 5.74) is 41.4. The Morgan fingerprint density at radius 1 is 0.407 bits per heavy atom. The SMILES string of the molecule is CC[C@H](C)[C@H](NC(=O)[C@H](CCC(=O)O)NC(=O)[C@@H](NC(=O)[C@@H](N)CCCCN)[C@@H](C)CC)C(=O)N[C@H](C(=O)N[C@@H](CCCN=C(N)N)C(=O)N[C@@H](CCCCNC)C(=O)N[C@@H](CCCCN)C(=O)N1CCC[C@H]1C(=O)N[C@H](C(=O)N[C@@H](Cc1ccccc1)C(=O)N[C@@H](CCCCN)C(=O)N[C@@H](CCCCN)C(=O)N[C@@H](C)C(=O)N[C@H](C(=O)N[C@H](C(=O)O)C(C)C)[C@@H](C)O)[C@@H](C)CC)C(C)C. The zero-order valence-electron chi connectivity index (χ0n) is 81.4. The van der Waals surface area contributed by atoms with Gasteiger partial charge in [-0.25, -0.2) is 4.79 Å². The van der Waals surface area contributed by atoms with Crippen LogP contribution in [0.15, 0.2) is 35.3 Å². The summed E-state index contributed by atoms with van der Waals surface area (Å²) in [5.74, 6) is -18.5. The van der Waals surface area contributed by atoms with Gasteiger partial charge >= 0.3 is 11.9 Å². The van der Waals surface area contributed by atoms with E-state index in [0.29, 0.717) is 102 Å². The van der Waals surface area contributed by atoms with E-state index in [1.807, 2.05) is 0 Å². The molecular formula is C91H162N24O20. The number of aliphatic hydroxyl groups excluding tert-OH is 1. The van der Waals surface area contributed by atoms with Crippen LogP contribution in [0.1, 0.15) is 243 Å². The lowest BCUT2D eigenvalue weighted by molar-refractivity contribution is -0.144. The summed E-state index contributed by atoms with van der Waals surface area (Å²) < 4.78 is 0. The molecule has 766 valence electrons. The number of hydrogen-bond acceptors (Lipinski definition) is 25. The third kappa shape index (κ3) is 43.8. The molecule has 44 heteroatoms. The molecule has 15 amide bonds. The van der Waals surface area contributed by atoms with Crippen molar-refractivity contribution < 1.29 is 96.8 Å². The van der Waals surface area contributed by atoms with Crippen molar-refractivity contribution in [1.82, 2.24) is 84.7 Å². The molecule has 1 fully saturated rings. The molecule has 1 saturated heterocycles. The van der Waals surface area contributed by atoms with Gasteiger partial charge in [-0.1, -0.05) is 125 Å². The van der Waals surface area contributed by atoms with Crippen LogP contribution in [-0.2, 0) is 87.9 Å². The molecule has 0 aromatic heterocycles. The summed E-state index contributed by atoms with van der Waals surface area (Å²) in [4.78, 5) is 247. The molecule has 44 nitrogen and oxygen atoms in total. The van der Waals surface area contributed by atoms with Crippen LogP contribution in [0.4, 0.5) is 0 Å². The van der Waals surface area contributed by atoms with E-state index in [1.165, 1.54) is 18.7 Å². The number of carbonyl (C=O) groups is 17. The van der Waals surface area contributed by atoms with Crippen molar-refractivity contribution in [2.75, 3.05) is 52.9 Å². The molecule has 32 N–H and O–H groups in total. The van der Waals surface area contributed by atoms with Crippen molar-refractivity contribution in [2.24, 2.45) is 74.7 Å². The zero-order valence-corrected chi connectivity index (χ0v) is 81.4. The Kier molecular flexibility index (Phi) is 57.9. The maximum atomic E-state index is 15.3. The number of likely N-dealkylation sites (tertiary alicyclic amines) is 1. The summed E-state index contributed by atoms with van der Waals surface area (Å²) in [6.45, 7) is 20.7. The van der Waals surface area contributed by atoms with E-state index in [1.54, 1.807) is 107 Å². The maximum Gasteiger partial charge on any atom is 0.326 e. The fourth-order valence-electron chi connectivity index (χ4n) is 15.0. The Morgan fingerprint density at radius 2 is 0.770 bits per heavy atom. The second-order valence-corrected chi connectivity index (χ2v) is 35.9. The number of hydrogen-bond donors (Lipinski definition) is 25. The van der Waals surface area contributed by atoms with Gasteiger partial charge in [-0.15, -0.1) is 0 Å². The van der Waals surface area contributed by atoms with Crippen LogP contribution in [0.5, 0.6) is 0 Å². The highest BCUT2D eigenvalue weighted by molar-refractivity contribution is 6.01. The lowest BCUT2D eigenvalue weighted by Crippen LogP contribution is -2.62. The molecule has 0 spiro atoms. The van der Waals surface area contributed by atoms with Gasteiger partial charge < -0.3 is 140 Å². The molecular weight excluding hydrogens is 1750 g/mol. The van der Waals surface area contributed by atoms with Crippen LogP contribution in [0.25, 0.3) is 0 Å². The lowest BCUT2D eigenvalue weighted by Gasteiger charge is -2.32. The second-order valence-electron chi connectivity index (χ2n) is 35.9. The number of benzene rings is 1.